The van der Waals surface area contributed by atoms with E-state index in [4.69, 9.17) is 23.7 Å². The zero-order valence-electron chi connectivity index (χ0n) is 41.2. The zero-order valence-corrected chi connectivity index (χ0v) is 41.2. The molecule has 0 aromatic rings. The van der Waals surface area contributed by atoms with Crippen molar-refractivity contribution in [2.24, 2.45) is 41.4 Å². The van der Waals surface area contributed by atoms with Gasteiger partial charge in [-0.2, -0.15) is 0 Å². The molecule has 2 unspecified atom stereocenters. The number of carbonyl (C=O) groups is 5. The summed E-state index contributed by atoms with van der Waals surface area (Å²) in [5, 5.41) is 23.4. The average Bonchev–Trinajstić information content (AvgIpc) is 3.28. The molecule has 15 atom stereocenters. The van der Waals surface area contributed by atoms with E-state index in [1.807, 2.05) is 58.1 Å². The van der Waals surface area contributed by atoms with Crippen molar-refractivity contribution in [2.75, 3.05) is 27.9 Å². The minimum Gasteiger partial charge on any atom is -0.460 e. The van der Waals surface area contributed by atoms with Crippen LogP contribution < -0.4 is 0 Å². The van der Waals surface area contributed by atoms with Crippen molar-refractivity contribution in [1.29, 1.82) is 0 Å². The molecule has 3 aliphatic heterocycles. The van der Waals surface area contributed by atoms with E-state index >= 15 is 0 Å². The third kappa shape index (κ3) is 14.3. The van der Waals surface area contributed by atoms with Crippen LogP contribution in [0, 0.1) is 41.4 Å². The number of fused-ring (bicyclic) bond motifs is 3. The summed E-state index contributed by atoms with van der Waals surface area (Å²) in [6.45, 7) is 15.1. The van der Waals surface area contributed by atoms with Crippen LogP contribution in [-0.2, 0) is 47.7 Å². The number of amides is 1. The molecule has 0 radical (unpaired) electrons. The monoisotopic (exact) mass is 912 g/mol. The Morgan fingerprint density at radius 2 is 1.58 bits per heavy atom. The normalized spacial score (nSPS) is 37.8. The number of ketones is 3. The maximum Gasteiger partial charge on any atom is 0.329 e. The van der Waals surface area contributed by atoms with E-state index in [-0.39, 0.29) is 54.8 Å². The number of nitrogens with zero attached hydrogens (tertiary/aromatic N) is 1. The minimum absolute atomic E-state index is 0.0331. The number of hydrogen-bond donors (Lipinski definition) is 2. The number of esters is 1. The van der Waals surface area contributed by atoms with Crippen molar-refractivity contribution in [3.8, 4) is 0 Å². The Balaban J connectivity index is 1.70. The summed E-state index contributed by atoms with van der Waals surface area (Å²) < 4.78 is 29.7. The SMILES string of the molecule is CO[C@H]1C[C@@H]2CC[C@@H](C)[C@@](O)(O2)C(=O)C(=O)N2CCCC[C@H]2C(=O)O[C@H]([C@H](C)CC2CC[C@@H](C)[C@H](OC)C2)CC(=O)C(C)=CC(C)[C@@H](O)[C@@H](OC)C(=O)[C@H](C)C[C@H](C)C=CC=CC=C1C. The second-order valence-electron chi connectivity index (χ2n) is 20.0. The van der Waals surface area contributed by atoms with Crippen molar-refractivity contribution in [3.05, 3.63) is 47.6 Å². The Morgan fingerprint density at radius 3 is 2.26 bits per heavy atom. The minimum atomic E-state index is -2.41. The molecule has 0 aromatic heterocycles. The lowest BCUT2D eigenvalue weighted by Gasteiger charge is -2.42. The van der Waals surface area contributed by atoms with Crippen LogP contribution in [0.3, 0.4) is 0 Å². The van der Waals surface area contributed by atoms with Gasteiger partial charge in [0.05, 0.1) is 24.4 Å². The number of ether oxygens (including phenoxy) is 5. The zero-order chi connectivity index (χ0) is 48.2. The Morgan fingerprint density at radius 1 is 0.862 bits per heavy atom. The van der Waals surface area contributed by atoms with Gasteiger partial charge in [0, 0.05) is 58.5 Å². The molecular weight excluding hydrogens is 831 g/mol. The molecule has 1 aliphatic carbocycles. The summed E-state index contributed by atoms with van der Waals surface area (Å²) in [5.74, 6) is -7.06. The third-order valence-electron chi connectivity index (χ3n) is 14.9. The van der Waals surface area contributed by atoms with E-state index < -0.39 is 77.8 Å². The lowest BCUT2D eigenvalue weighted by atomic mass is 9.76. The number of rotatable bonds is 6. The van der Waals surface area contributed by atoms with Gasteiger partial charge in [-0.15, -0.1) is 0 Å². The van der Waals surface area contributed by atoms with Crippen LogP contribution in [-0.4, -0.2) is 121 Å². The number of allylic oxidation sites excluding steroid dienone is 6. The molecule has 13 nitrogen and oxygen atoms in total. The lowest BCUT2D eigenvalue weighted by molar-refractivity contribution is -0.265. The lowest BCUT2D eigenvalue weighted by Crippen LogP contribution is -2.61. The number of hydrogen-bond acceptors (Lipinski definition) is 12. The molecular formula is C52H81NO12. The first-order chi connectivity index (χ1) is 30.7. The van der Waals surface area contributed by atoms with Gasteiger partial charge in [0.2, 0.25) is 5.79 Å². The van der Waals surface area contributed by atoms with E-state index in [1.54, 1.807) is 41.1 Å². The van der Waals surface area contributed by atoms with Gasteiger partial charge in [-0.05, 0) is 113 Å². The molecule has 1 amide bonds. The molecule has 366 valence electrons. The Bertz CT molecular complexity index is 1750. The third-order valence-corrected chi connectivity index (χ3v) is 14.9. The van der Waals surface area contributed by atoms with Gasteiger partial charge in [-0.1, -0.05) is 78.0 Å². The van der Waals surface area contributed by atoms with Crippen LogP contribution in [0.15, 0.2) is 47.6 Å². The molecule has 2 N–H and O–H groups in total. The maximum atomic E-state index is 14.4. The Hall–Kier alpha value is -3.33. The fourth-order valence-corrected chi connectivity index (χ4v) is 10.4. The predicted molar refractivity (Wildman–Crippen MR) is 248 cm³/mol. The molecule has 1 saturated carbocycles. The van der Waals surface area contributed by atoms with Gasteiger partial charge in [0.15, 0.2) is 11.6 Å². The molecule has 0 spiro atoms. The Kier molecular flexibility index (Phi) is 21.0. The van der Waals surface area contributed by atoms with Crippen LogP contribution >= 0.6 is 0 Å². The number of aliphatic hydroxyl groups is 2. The summed E-state index contributed by atoms with van der Waals surface area (Å²) in [4.78, 5) is 71.9. The smallest absolute Gasteiger partial charge is 0.329 e. The maximum absolute atomic E-state index is 14.4. The molecule has 4 aliphatic rings. The fraction of sp³-hybridized carbons (Fsp3) is 0.750. The van der Waals surface area contributed by atoms with E-state index in [1.165, 1.54) is 12.0 Å². The topological polar surface area (TPSA) is 175 Å². The van der Waals surface area contributed by atoms with Crippen molar-refractivity contribution < 1.29 is 57.9 Å². The van der Waals surface area contributed by atoms with E-state index in [0.29, 0.717) is 56.4 Å². The predicted octanol–water partition coefficient (Wildman–Crippen LogP) is 7.46. The Labute approximate surface area is 388 Å². The summed E-state index contributed by atoms with van der Waals surface area (Å²) in [7, 11) is 4.71. The molecule has 2 saturated heterocycles. The van der Waals surface area contributed by atoms with Crippen LogP contribution in [0.5, 0.6) is 0 Å². The van der Waals surface area contributed by atoms with Gasteiger partial charge in [0.1, 0.15) is 18.2 Å². The largest absolute Gasteiger partial charge is 0.460 e. The number of piperidine rings is 1. The van der Waals surface area contributed by atoms with Gasteiger partial charge in [-0.3, -0.25) is 19.2 Å². The van der Waals surface area contributed by atoms with Crippen LogP contribution in [0.4, 0.5) is 0 Å². The highest BCUT2D eigenvalue weighted by Gasteiger charge is 2.53. The van der Waals surface area contributed by atoms with Crippen LogP contribution in [0.2, 0.25) is 0 Å². The number of Topliss-reactive ketones (excluding diaryl/α,β-unsaturated/α-hetero) is 3. The van der Waals surface area contributed by atoms with E-state index in [0.717, 1.165) is 24.8 Å². The van der Waals surface area contributed by atoms with E-state index in [2.05, 4.69) is 6.92 Å². The summed E-state index contributed by atoms with van der Waals surface area (Å²) in [5.41, 5.74) is 1.23. The highest BCUT2D eigenvalue weighted by Crippen LogP contribution is 2.38. The van der Waals surface area contributed by atoms with Crippen molar-refractivity contribution in [2.45, 2.75) is 181 Å². The molecule has 3 heterocycles. The molecule has 2 bridgehead atoms. The summed E-state index contributed by atoms with van der Waals surface area (Å²) >= 11 is 0. The highest BCUT2D eigenvalue weighted by molar-refractivity contribution is 6.39. The average molecular weight is 912 g/mol. The highest BCUT2D eigenvalue weighted by atomic mass is 16.6. The number of carbonyl (C=O) groups excluding carboxylic acids is 5. The second-order valence-corrected chi connectivity index (χ2v) is 20.0. The van der Waals surface area contributed by atoms with Gasteiger partial charge < -0.3 is 38.8 Å². The molecule has 13 heteroatoms. The van der Waals surface area contributed by atoms with Crippen molar-refractivity contribution in [3.63, 3.8) is 0 Å². The quantitative estimate of drug-likeness (QED) is 0.199. The van der Waals surface area contributed by atoms with Gasteiger partial charge in [0.25, 0.3) is 11.7 Å². The molecule has 4 rings (SSSR count). The van der Waals surface area contributed by atoms with Gasteiger partial charge in [-0.25, -0.2) is 4.79 Å². The summed E-state index contributed by atoms with van der Waals surface area (Å²) in [6.07, 6.45) is 13.7. The molecule has 0 aromatic carbocycles. The summed E-state index contributed by atoms with van der Waals surface area (Å²) in [6, 6.07) is -1.11. The van der Waals surface area contributed by atoms with Crippen molar-refractivity contribution >= 4 is 29.2 Å². The fourth-order valence-electron chi connectivity index (χ4n) is 10.4. The second kappa shape index (κ2) is 25.2. The first kappa shape index (κ1) is 54.3. The molecule has 65 heavy (non-hydrogen) atoms. The van der Waals surface area contributed by atoms with Crippen molar-refractivity contribution in [1.82, 2.24) is 4.90 Å². The van der Waals surface area contributed by atoms with E-state index in [9.17, 15) is 34.2 Å². The first-order valence-corrected chi connectivity index (χ1v) is 24.2. The number of aliphatic hydroxyl groups excluding tert-OH is 1. The van der Waals surface area contributed by atoms with Crippen LogP contribution in [0.1, 0.15) is 132 Å². The number of methoxy groups -OCH3 is 3. The van der Waals surface area contributed by atoms with Crippen LogP contribution in [0.25, 0.3) is 0 Å². The number of cyclic esters (lactones) is 1. The first-order valence-electron chi connectivity index (χ1n) is 24.2. The molecule has 3 fully saturated rings. The standard InChI is InChI=1S/C52H81NO12/c1-31-17-13-12-14-18-32(2)44(62-10)29-40-23-21-38(8)52(60,65-40)49(57)50(58)53-24-16-15-19-41(53)51(59)64-45(35(5)27-39-22-20-33(3)43(28-39)61-9)30-42(54)34(4)26-37(7)47(56)48(63-11)46(55)36(6)25-31/h12-14,17-18,26,31,33,35-41,43-45,47-48,56,60H,15-16,19-25,27-30H2,1-11H3/t31-,33-,35-,36-,37?,38-,39?,40+,41+,43-,44+,45+,47-,48+,52-/m1/s1. The van der Waals surface area contributed by atoms with Gasteiger partial charge >= 0.3 is 5.97 Å².